The number of ether oxygens (including phenoxy) is 1. The van der Waals surface area contributed by atoms with E-state index in [1.165, 1.54) is 0 Å². The average molecular weight is 305 g/mol. The van der Waals surface area contributed by atoms with Gasteiger partial charge in [-0.1, -0.05) is 65.8 Å². The largest absolute Gasteiger partial charge is 0.465 e. The Morgan fingerprint density at radius 2 is 1.52 bits per heavy atom. The molecule has 0 saturated heterocycles. The molecule has 2 aromatic rings. The third kappa shape index (κ3) is 2.37. The van der Waals surface area contributed by atoms with Gasteiger partial charge in [0.05, 0.1) is 6.61 Å². The lowest BCUT2D eigenvalue weighted by molar-refractivity contribution is -0.144. The van der Waals surface area contributed by atoms with Gasteiger partial charge in [-0.3, -0.25) is 4.79 Å². The maximum Gasteiger partial charge on any atom is 0.327 e. The molecular formula is C18H15N3O2. The molecule has 0 unspecified atom stereocenters. The molecule has 1 aliphatic carbocycles. The Bertz CT molecular complexity index is 757. The van der Waals surface area contributed by atoms with Crippen LogP contribution in [0.2, 0.25) is 0 Å². The molecular weight excluding hydrogens is 290 g/mol. The van der Waals surface area contributed by atoms with Gasteiger partial charge >= 0.3 is 5.97 Å². The third-order valence-corrected chi connectivity index (χ3v) is 3.80. The molecule has 0 aromatic heterocycles. The summed E-state index contributed by atoms with van der Waals surface area (Å²) in [7, 11) is 0. The lowest BCUT2D eigenvalue weighted by atomic mass is 10.0. The summed E-state index contributed by atoms with van der Waals surface area (Å²) >= 11 is 0. The molecule has 0 amide bonds. The highest BCUT2D eigenvalue weighted by molar-refractivity contribution is 6.31. The molecule has 3 rings (SSSR count). The van der Waals surface area contributed by atoms with Gasteiger partial charge in [0.15, 0.2) is 5.54 Å². The number of carbonyl (C=O) groups is 1. The van der Waals surface area contributed by atoms with E-state index in [2.05, 4.69) is 10.0 Å². The first-order valence-corrected chi connectivity index (χ1v) is 7.35. The first kappa shape index (κ1) is 14.9. The summed E-state index contributed by atoms with van der Waals surface area (Å²) in [5.41, 5.74) is 10.8. The van der Waals surface area contributed by atoms with Crippen LogP contribution in [0.15, 0.2) is 65.8 Å². The summed E-state index contributed by atoms with van der Waals surface area (Å²) in [5, 5.41) is 3.83. The van der Waals surface area contributed by atoms with Crippen LogP contribution in [0.25, 0.3) is 21.6 Å². The monoisotopic (exact) mass is 305 g/mol. The van der Waals surface area contributed by atoms with Gasteiger partial charge in [0.2, 0.25) is 0 Å². The molecule has 23 heavy (non-hydrogen) atoms. The van der Waals surface area contributed by atoms with Crippen LogP contribution in [0, 0.1) is 0 Å². The van der Waals surface area contributed by atoms with Gasteiger partial charge in [-0.05, 0) is 34.7 Å². The average Bonchev–Trinajstić information content (AvgIpc) is 3.27. The van der Waals surface area contributed by atoms with Gasteiger partial charge in [0.25, 0.3) is 0 Å². The van der Waals surface area contributed by atoms with E-state index in [9.17, 15) is 4.79 Å². The van der Waals surface area contributed by atoms with Crippen LogP contribution in [-0.2, 0) is 9.53 Å². The van der Waals surface area contributed by atoms with Gasteiger partial charge < -0.3 is 4.74 Å². The molecule has 1 aliphatic rings. The van der Waals surface area contributed by atoms with Crippen molar-refractivity contribution < 1.29 is 9.53 Å². The standard InChI is InChI=1S/C18H15N3O2/c1-2-23-17(22)18(20-21-19)15(13-9-5-3-6-10-13)16(18)14-11-7-4-8-12-14/h3-12H,2H2,1H3. The third-order valence-electron chi connectivity index (χ3n) is 3.80. The van der Waals surface area contributed by atoms with Crippen molar-refractivity contribution in [3.05, 3.63) is 82.2 Å². The van der Waals surface area contributed by atoms with E-state index < -0.39 is 11.5 Å². The molecule has 0 spiro atoms. The van der Waals surface area contributed by atoms with Crippen molar-refractivity contribution in [3.8, 4) is 0 Å². The van der Waals surface area contributed by atoms with Gasteiger partial charge in [-0.2, -0.15) is 0 Å². The Morgan fingerprint density at radius 1 is 1.04 bits per heavy atom. The second kappa shape index (κ2) is 5.99. The van der Waals surface area contributed by atoms with Crippen LogP contribution in [0.1, 0.15) is 18.1 Å². The number of azide groups is 1. The fourth-order valence-electron chi connectivity index (χ4n) is 2.84. The van der Waals surface area contributed by atoms with Crippen LogP contribution in [0.5, 0.6) is 0 Å². The molecule has 0 atom stereocenters. The SMILES string of the molecule is CCOC(=O)C1(N=[N+]=[N-])C(c2ccccc2)=C1c1ccccc1. The molecule has 0 radical (unpaired) electrons. The number of hydrogen-bond donors (Lipinski definition) is 0. The fourth-order valence-corrected chi connectivity index (χ4v) is 2.84. The number of nitrogens with zero attached hydrogens (tertiary/aromatic N) is 3. The maximum atomic E-state index is 12.6. The van der Waals surface area contributed by atoms with E-state index in [0.717, 1.165) is 11.1 Å². The molecule has 114 valence electrons. The number of esters is 1. The fraction of sp³-hybridized carbons (Fsp3) is 0.167. The minimum absolute atomic E-state index is 0.228. The predicted octanol–water partition coefficient (Wildman–Crippen LogP) is 4.22. The van der Waals surface area contributed by atoms with E-state index in [4.69, 9.17) is 10.3 Å². The summed E-state index contributed by atoms with van der Waals surface area (Å²) in [5.74, 6) is -0.532. The minimum atomic E-state index is -1.37. The normalized spacial score (nSPS) is 14.8. The Hall–Kier alpha value is -3.04. The van der Waals surface area contributed by atoms with E-state index >= 15 is 0 Å². The Balaban J connectivity index is 2.17. The van der Waals surface area contributed by atoms with Gasteiger partial charge in [-0.15, -0.1) is 0 Å². The Kier molecular flexibility index (Phi) is 3.87. The molecule has 5 heteroatoms. The van der Waals surface area contributed by atoms with Crippen molar-refractivity contribution in [2.24, 2.45) is 5.11 Å². The second-order valence-electron chi connectivity index (χ2n) is 5.10. The van der Waals surface area contributed by atoms with Crippen molar-refractivity contribution in [2.75, 3.05) is 6.61 Å². The van der Waals surface area contributed by atoms with Crippen molar-refractivity contribution in [2.45, 2.75) is 12.5 Å². The summed E-state index contributed by atoms with van der Waals surface area (Å²) < 4.78 is 5.18. The molecule has 0 N–H and O–H groups in total. The van der Waals surface area contributed by atoms with Gasteiger partial charge in [0, 0.05) is 4.91 Å². The van der Waals surface area contributed by atoms with Crippen molar-refractivity contribution in [3.63, 3.8) is 0 Å². The van der Waals surface area contributed by atoms with Crippen LogP contribution < -0.4 is 0 Å². The quantitative estimate of drug-likeness (QED) is 0.359. The lowest BCUT2D eigenvalue weighted by Gasteiger charge is -2.13. The maximum absolute atomic E-state index is 12.6. The molecule has 5 nitrogen and oxygen atoms in total. The predicted molar refractivity (Wildman–Crippen MR) is 88.2 cm³/mol. The summed E-state index contributed by atoms with van der Waals surface area (Å²) in [6.45, 7) is 1.96. The zero-order valence-electron chi connectivity index (χ0n) is 12.6. The highest BCUT2D eigenvalue weighted by Gasteiger charge is 2.61. The molecule has 0 fully saturated rings. The molecule has 2 aromatic carbocycles. The van der Waals surface area contributed by atoms with Crippen molar-refractivity contribution >= 4 is 17.1 Å². The molecule has 0 aliphatic heterocycles. The summed E-state index contributed by atoms with van der Waals surface area (Å²) in [6, 6.07) is 18.9. The highest BCUT2D eigenvalue weighted by atomic mass is 16.5. The Morgan fingerprint density at radius 3 is 1.91 bits per heavy atom. The van der Waals surface area contributed by atoms with Crippen LogP contribution >= 0.6 is 0 Å². The smallest absolute Gasteiger partial charge is 0.327 e. The Labute approximate surface area is 133 Å². The first-order chi connectivity index (χ1) is 11.3. The van der Waals surface area contributed by atoms with E-state index in [0.29, 0.717) is 11.1 Å². The lowest BCUT2D eigenvalue weighted by Crippen LogP contribution is -2.27. The van der Waals surface area contributed by atoms with E-state index in [-0.39, 0.29) is 6.61 Å². The van der Waals surface area contributed by atoms with Crippen LogP contribution in [0.3, 0.4) is 0 Å². The first-order valence-electron chi connectivity index (χ1n) is 7.35. The van der Waals surface area contributed by atoms with Gasteiger partial charge in [0.1, 0.15) is 0 Å². The zero-order chi connectivity index (χ0) is 16.3. The summed E-state index contributed by atoms with van der Waals surface area (Å²) in [6.07, 6.45) is 0. The number of carbonyl (C=O) groups excluding carboxylic acids is 1. The number of rotatable bonds is 5. The van der Waals surface area contributed by atoms with Crippen molar-refractivity contribution in [1.29, 1.82) is 0 Å². The highest BCUT2D eigenvalue weighted by Crippen LogP contribution is 2.59. The minimum Gasteiger partial charge on any atom is -0.465 e. The zero-order valence-corrected chi connectivity index (χ0v) is 12.6. The molecule has 0 bridgehead atoms. The number of benzene rings is 2. The van der Waals surface area contributed by atoms with E-state index in [1.54, 1.807) is 6.92 Å². The second-order valence-corrected chi connectivity index (χ2v) is 5.10. The van der Waals surface area contributed by atoms with Gasteiger partial charge in [-0.25, -0.2) is 0 Å². The van der Waals surface area contributed by atoms with Crippen molar-refractivity contribution in [1.82, 2.24) is 0 Å². The number of hydrogen-bond acceptors (Lipinski definition) is 3. The van der Waals surface area contributed by atoms with Crippen LogP contribution in [0.4, 0.5) is 0 Å². The van der Waals surface area contributed by atoms with Crippen LogP contribution in [-0.4, -0.2) is 18.1 Å². The molecule has 0 heterocycles. The topological polar surface area (TPSA) is 75.1 Å². The molecule has 0 saturated carbocycles. The summed E-state index contributed by atoms with van der Waals surface area (Å²) in [4.78, 5) is 15.5. The van der Waals surface area contributed by atoms with E-state index in [1.807, 2.05) is 60.7 Å².